The first-order valence-corrected chi connectivity index (χ1v) is 9.65. The third-order valence-corrected chi connectivity index (χ3v) is 4.91. The van der Waals surface area contributed by atoms with Crippen molar-refractivity contribution in [3.8, 4) is 5.69 Å². The van der Waals surface area contributed by atoms with Crippen molar-refractivity contribution in [1.29, 1.82) is 0 Å². The van der Waals surface area contributed by atoms with Gasteiger partial charge in [-0.1, -0.05) is 31.2 Å². The van der Waals surface area contributed by atoms with E-state index in [0.29, 0.717) is 44.8 Å². The van der Waals surface area contributed by atoms with Crippen LogP contribution >= 0.6 is 0 Å². The molecule has 1 aliphatic rings. The van der Waals surface area contributed by atoms with Gasteiger partial charge in [-0.25, -0.2) is 4.68 Å². The quantitative estimate of drug-likeness (QED) is 0.738. The molecule has 3 rings (SSSR count). The molecule has 1 aromatic heterocycles. The summed E-state index contributed by atoms with van der Waals surface area (Å²) in [5.74, 6) is -0.00752. The third kappa shape index (κ3) is 4.48. The number of benzene rings is 1. The Morgan fingerprint density at radius 3 is 2.54 bits per heavy atom. The molecule has 1 saturated heterocycles. The van der Waals surface area contributed by atoms with Gasteiger partial charge in [0.1, 0.15) is 0 Å². The molecule has 148 valence electrons. The number of amides is 2. The Bertz CT molecular complexity index is 823. The molecule has 2 amide bonds. The van der Waals surface area contributed by atoms with E-state index < -0.39 is 0 Å². The lowest BCUT2D eigenvalue weighted by atomic mass is 10.1. The standard InChI is InChI=1S/C21H27N5O2/c1-3-10-22-20(27)16-24-11-13-25(14-12-24)21(28)18-15-23-26(19(18)4-2)17-8-6-5-7-9-17/h3,5-9,15H,1,4,10-14,16H2,2H3,(H,22,27). The molecule has 1 aromatic carbocycles. The monoisotopic (exact) mass is 381 g/mol. The number of aromatic nitrogens is 2. The molecule has 7 heteroatoms. The van der Waals surface area contributed by atoms with Gasteiger partial charge >= 0.3 is 0 Å². The average molecular weight is 381 g/mol. The van der Waals surface area contributed by atoms with Crippen LogP contribution in [0.4, 0.5) is 0 Å². The number of nitrogens with one attached hydrogen (secondary N) is 1. The molecule has 0 spiro atoms. The molecule has 1 fully saturated rings. The Balaban J connectivity index is 1.63. The van der Waals surface area contributed by atoms with Crippen LogP contribution in [0.15, 0.2) is 49.2 Å². The molecule has 0 bridgehead atoms. The van der Waals surface area contributed by atoms with Gasteiger partial charge < -0.3 is 10.2 Å². The van der Waals surface area contributed by atoms with Crippen molar-refractivity contribution in [1.82, 2.24) is 24.9 Å². The Morgan fingerprint density at radius 1 is 1.18 bits per heavy atom. The zero-order valence-electron chi connectivity index (χ0n) is 16.3. The fraction of sp³-hybridized carbons (Fsp3) is 0.381. The van der Waals surface area contributed by atoms with Gasteiger partial charge in [-0.05, 0) is 18.6 Å². The molecule has 0 saturated carbocycles. The van der Waals surface area contributed by atoms with Gasteiger partial charge in [-0.2, -0.15) is 5.10 Å². The molecule has 0 atom stereocenters. The molecule has 0 unspecified atom stereocenters. The molecule has 1 N–H and O–H groups in total. The number of nitrogens with zero attached hydrogens (tertiary/aromatic N) is 4. The largest absolute Gasteiger partial charge is 0.352 e. The number of carbonyl (C=O) groups is 2. The van der Waals surface area contributed by atoms with Crippen LogP contribution in [0.25, 0.3) is 5.69 Å². The van der Waals surface area contributed by atoms with Crippen molar-refractivity contribution >= 4 is 11.8 Å². The number of hydrogen-bond acceptors (Lipinski definition) is 4. The van der Waals surface area contributed by atoms with Crippen molar-refractivity contribution in [2.75, 3.05) is 39.3 Å². The number of hydrogen-bond donors (Lipinski definition) is 1. The van der Waals surface area contributed by atoms with Gasteiger partial charge in [-0.3, -0.25) is 14.5 Å². The molecule has 0 radical (unpaired) electrons. The Labute approximate surface area is 165 Å². The average Bonchev–Trinajstić information content (AvgIpc) is 3.17. The molecular weight excluding hydrogens is 354 g/mol. The van der Waals surface area contributed by atoms with Gasteiger partial charge in [0.05, 0.1) is 29.7 Å². The smallest absolute Gasteiger partial charge is 0.257 e. The number of rotatable bonds is 7. The summed E-state index contributed by atoms with van der Waals surface area (Å²) in [5, 5.41) is 7.24. The minimum absolute atomic E-state index is 0.00906. The van der Waals surface area contributed by atoms with Crippen LogP contribution in [0.2, 0.25) is 0 Å². The summed E-state index contributed by atoms with van der Waals surface area (Å²) in [6.45, 7) is 9.03. The molecule has 0 aliphatic carbocycles. The second kappa shape index (κ2) is 9.32. The maximum atomic E-state index is 13.1. The summed E-state index contributed by atoms with van der Waals surface area (Å²) < 4.78 is 1.84. The van der Waals surface area contributed by atoms with E-state index in [1.807, 2.05) is 46.8 Å². The van der Waals surface area contributed by atoms with Gasteiger partial charge in [0, 0.05) is 32.7 Å². The SMILES string of the molecule is C=CCNC(=O)CN1CCN(C(=O)c2cnn(-c3ccccc3)c2CC)CC1. The van der Waals surface area contributed by atoms with Gasteiger partial charge in [0.15, 0.2) is 0 Å². The van der Waals surface area contributed by atoms with Gasteiger partial charge in [-0.15, -0.1) is 6.58 Å². The second-order valence-corrected chi connectivity index (χ2v) is 6.77. The summed E-state index contributed by atoms with van der Waals surface area (Å²) in [4.78, 5) is 28.8. The van der Waals surface area contributed by atoms with Crippen LogP contribution in [0.3, 0.4) is 0 Å². The van der Waals surface area contributed by atoms with Crippen LogP contribution < -0.4 is 5.32 Å². The van der Waals surface area contributed by atoms with E-state index in [0.717, 1.165) is 17.8 Å². The van der Waals surface area contributed by atoms with Crippen molar-refractivity contribution in [3.63, 3.8) is 0 Å². The van der Waals surface area contributed by atoms with Crippen LogP contribution in [-0.4, -0.2) is 70.7 Å². The highest BCUT2D eigenvalue weighted by atomic mass is 16.2. The Kier molecular flexibility index (Phi) is 6.60. The van der Waals surface area contributed by atoms with E-state index in [4.69, 9.17) is 0 Å². The molecule has 2 aromatic rings. The summed E-state index contributed by atoms with van der Waals surface area (Å²) in [7, 11) is 0. The van der Waals surface area contributed by atoms with Crippen molar-refractivity contribution in [3.05, 3.63) is 60.4 Å². The van der Waals surface area contributed by atoms with E-state index in [2.05, 4.69) is 21.9 Å². The highest BCUT2D eigenvalue weighted by Crippen LogP contribution is 2.18. The van der Waals surface area contributed by atoms with E-state index >= 15 is 0 Å². The zero-order chi connectivity index (χ0) is 19.9. The lowest BCUT2D eigenvalue weighted by molar-refractivity contribution is -0.122. The minimum Gasteiger partial charge on any atom is -0.352 e. The number of para-hydroxylation sites is 1. The topological polar surface area (TPSA) is 70.5 Å². The second-order valence-electron chi connectivity index (χ2n) is 6.77. The number of carbonyl (C=O) groups excluding carboxylic acids is 2. The van der Waals surface area contributed by atoms with Crippen molar-refractivity contribution < 1.29 is 9.59 Å². The third-order valence-electron chi connectivity index (χ3n) is 4.91. The maximum Gasteiger partial charge on any atom is 0.257 e. The predicted molar refractivity (Wildman–Crippen MR) is 108 cm³/mol. The number of piperazine rings is 1. The maximum absolute atomic E-state index is 13.1. The highest BCUT2D eigenvalue weighted by molar-refractivity contribution is 5.95. The Morgan fingerprint density at radius 2 is 1.89 bits per heavy atom. The molecular formula is C21H27N5O2. The first-order chi connectivity index (χ1) is 13.6. The minimum atomic E-state index is -0.0166. The van der Waals surface area contributed by atoms with Crippen LogP contribution in [0, 0.1) is 0 Å². The van der Waals surface area contributed by atoms with Crippen molar-refractivity contribution in [2.24, 2.45) is 0 Å². The fourth-order valence-electron chi connectivity index (χ4n) is 3.41. The lowest BCUT2D eigenvalue weighted by Gasteiger charge is -2.34. The van der Waals surface area contributed by atoms with E-state index in [9.17, 15) is 9.59 Å². The highest BCUT2D eigenvalue weighted by Gasteiger charge is 2.26. The summed E-state index contributed by atoms with van der Waals surface area (Å²) in [6, 6.07) is 9.85. The van der Waals surface area contributed by atoms with Crippen LogP contribution in [0.1, 0.15) is 23.0 Å². The van der Waals surface area contributed by atoms with Crippen LogP contribution in [-0.2, 0) is 11.2 Å². The van der Waals surface area contributed by atoms with E-state index in [-0.39, 0.29) is 11.8 Å². The van der Waals surface area contributed by atoms with Gasteiger partial charge in [0.2, 0.25) is 5.91 Å². The summed E-state index contributed by atoms with van der Waals surface area (Å²) >= 11 is 0. The molecule has 7 nitrogen and oxygen atoms in total. The van der Waals surface area contributed by atoms with Crippen LogP contribution in [0.5, 0.6) is 0 Å². The summed E-state index contributed by atoms with van der Waals surface area (Å²) in [6.07, 6.45) is 4.05. The Hall–Kier alpha value is -2.93. The van der Waals surface area contributed by atoms with E-state index in [1.54, 1.807) is 12.3 Å². The fourth-order valence-corrected chi connectivity index (χ4v) is 3.41. The normalized spacial score (nSPS) is 14.7. The van der Waals surface area contributed by atoms with Gasteiger partial charge in [0.25, 0.3) is 5.91 Å². The first-order valence-electron chi connectivity index (χ1n) is 9.65. The first kappa shape index (κ1) is 19.8. The molecule has 1 aliphatic heterocycles. The van der Waals surface area contributed by atoms with Crippen molar-refractivity contribution in [2.45, 2.75) is 13.3 Å². The molecule has 28 heavy (non-hydrogen) atoms. The summed E-state index contributed by atoms with van der Waals surface area (Å²) in [5.41, 5.74) is 2.53. The van der Waals surface area contributed by atoms with E-state index in [1.165, 1.54) is 0 Å². The zero-order valence-corrected chi connectivity index (χ0v) is 16.3. The lowest BCUT2D eigenvalue weighted by Crippen LogP contribution is -2.51. The molecule has 2 heterocycles. The predicted octanol–water partition coefficient (Wildman–Crippen LogP) is 1.49.